The van der Waals surface area contributed by atoms with E-state index in [-0.39, 0.29) is 12.0 Å². The molecular formula is C23H26N6O3. The van der Waals surface area contributed by atoms with Gasteiger partial charge in [-0.1, -0.05) is 12.1 Å². The summed E-state index contributed by atoms with van der Waals surface area (Å²) in [6.45, 7) is 4.34. The van der Waals surface area contributed by atoms with E-state index in [2.05, 4.69) is 30.2 Å². The van der Waals surface area contributed by atoms with E-state index in [1.807, 2.05) is 31.2 Å². The highest BCUT2D eigenvalue weighted by molar-refractivity contribution is 5.93. The van der Waals surface area contributed by atoms with Crippen molar-refractivity contribution >= 4 is 11.9 Å². The van der Waals surface area contributed by atoms with Crippen LogP contribution in [0, 0.1) is 0 Å². The first-order valence-corrected chi connectivity index (χ1v) is 10.7. The van der Waals surface area contributed by atoms with Gasteiger partial charge in [0.25, 0.3) is 5.91 Å². The number of piperidine rings is 1. The zero-order valence-corrected chi connectivity index (χ0v) is 18.0. The van der Waals surface area contributed by atoms with Gasteiger partial charge in [0.15, 0.2) is 11.5 Å². The summed E-state index contributed by atoms with van der Waals surface area (Å²) >= 11 is 0. The second-order valence-electron chi connectivity index (χ2n) is 7.36. The monoisotopic (exact) mass is 434 g/mol. The van der Waals surface area contributed by atoms with Gasteiger partial charge >= 0.3 is 0 Å². The van der Waals surface area contributed by atoms with Crippen molar-refractivity contribution in [2.75, 3.05) is 24.6 Å². The fourth-order valence-corrected chi connectivity index (χ4v) is 3.51. The van der Waals surface area contributed by atoms with Gasteiger partial charge in [0, 0.05) is 31.3 Å². The fourth-order valence-electron chi connectivity index (χ4n) is 3.51. The van der Waals surface area contributed by atoms with E-state index in [4.69, 9.17) is 9.47 Å². The fraction of sp³-hybridized carbons (Fsp3) is 0.348. The largest absolute Gasteiger partial charge is 0.490 e. The zero-order valence-electron chi connectivity index (χ0n) is 18.0. The molecule has 1 aromatic carbocycles. The highest BCUT2D eigenvalue weighted by Gasteiger charge is 2.24. The van der Waals surface area contributed by atoms with E-state index in [1.54, 1.807) is 31.0 Å². The first-order valence-electron chi connectivity index (χ1n) is 10.7. The minimum atomic E-state index is -0.255. The van der Waals surface area contributed by atoms with E-state index in [0.29, 0.717) is 36.9 Å². The number of hydrogen-bond acceptors (Lipinski definition) is 8. The smallest absolute Gasteiger partial charge is 0.254 e. The molecule has 1 atom stereocenters. The standard InChI is InChI=1S/C23H26N6O3/c1-2-31-20-7-3-4-8-21(20)32-19-6-5-11-29(16-19)23-27-12-17(13-28-23)22(30)26-15-18-14-24-9-10-25-18/h3-4,7-10,12-14,19H,2,5-6,11,15-16H2,1H3,(H,26,30). The molecule has 3 aromatic rings. The Hall–Kier alpha value is -3.75. The molecule has 0 bridgehead atoms. The molecule has 0 aliphatic carbocycles. The van der Waals surface area contributed by atoms with Crippen molar-refractivity contribution in [2.24, 2.45) is 0 Å². The van der Waals surface area contributed by atoms with Crippen LogP contribution in [0.15, 0.2) is 55.2 Å². The number of ether oxygens (including phenoxy) is 2. The summed E-state index contributed by atoms with van der Waals surface area (Å²) in [4.78, 5) is 31.4. The third-order valence-corrected chi connectivity index (χ3v) is 5.05. The molecule has 1 aliphatic rings. The molecule has 1 aliphatic heterocycles. The number of anilines is 1. The number of nitrogens with one attached hydrogen (secondary N) is 1. The molecule has 0 saturated carbocycles. The van der Waals surface area contributed by atoms with Crippen LogP contribution in [-0.2, 0) is 6.54 Å². The summed E-state index contributed by atoms with van der Waals surface area (Å²) in [5.41, 5.74) is 1.08. The molecule has 2 aromatic heterocycles. The van der Waals surface area contributed by atoms with E-state index >= 15 is 0 Å². The summed E-state index contributed by atoms with van der Waals surface area (Å²) in [5, 5.41) is 2.80. The van der Waals surface area contributed by atoms with Gasteiger partial charge in [0.1, 0.15) is 6.10 Å². The minimum absolute atomic E-state index is 0.00362. The topological polar surface area (TPSA) is 102 Å². The predicted molar refractivity (Wildman–Crippen MR) is 119 cm³/mol. The Balaban J connectivity index is 1.35. The van der Waals surface area contributed by atoms with Crippen LogP contribution in [0.3, 0.4) is 0 Å². The normalized spacial score (nSPS) is 15.8. The number of hydrogen-bond donors (Lipinski definition) is 1. The van der Waals surface area contributed by atoms with Crippen LogP contribution >= 0.6 is 0 Å². The third-order valence-electron chi connectivity index (χ3n) is 5.05. The second kappa shape index (κ2) is 10.5. The molecule has 3 heterocycles. The average molecular weight is 435 g/mol. The highest BCUT2D eigenvalue weighted by Crippen LogP contribution is 2.29. The summed E-state index contributed by atoms with van der Waals surface area (Å²) in [7, 11) is 0. The molecule has 1 unspecified atom stereocenters. The van der Waals surface area contributed by atoms with Crippen molar-refractivity contribution in [3.63, 3.8) is 0 Å². The lowest BCUT2D eigenvalue weighted by Gasteiger charge is -2.33. The van der Waals surface area contributed by atoms with E-state index in [1.165, 1.54) is 0 Å². The van der Waals surface area contributed by atoms with Crippen molar-refractivity contribution in [2.45, 2.75) is 32.4 Å². The van der Waals surface area contributed by atoms with Gasteiger partial charge < -0.3 is 19.7 Å². The zero-order chi connectivity index (χ0) is 22.2. The number of nitrogens with zero attached hydrogens (tertiary/aromatic N) is 5. The lowest BCUT2D eigenvalue weighted by Crippen LogP contribution is -2.42. The van der Waals surface area contributed by atoms with Gasteiger partial charge in [-0.05, 0) is 31.9 Å². The number of rotatable bonds is 8. The van der Waals surface area contributed by atoms with E-state index < -0.39 is 0 Å². The van der Waals surface area contributed by atoms with Gasteiger partial charge in [0.05, 0.1) is 37.2 Å². The SMILES string of the molecule is CCOc1ccccc1OC1CCCN(c2ncc(C(=O)NCc3cnccn3)cn2)C1. The number of amides is 1. The number of para-hydroxylation sites is 2. The van der Waals surface area contributed by atoms with E-state index in [0.717, 1.165) is 30.9 Å². The molecule has 166 valence electrons. The molecule has 0 spiro atoms. The van der Waals surface area contributed by atoms with Crippen molar-refractivity contribution in [3.8, 4) is 11.5 Å². The van der Waals surface area contributed by atoms with Crippen molar-refractivity contribution < 1.29 is 14.3 Å². The molecule has 4 rings (SSSR count). The van der Waals surface area contributed by atoms with Gasteiger partial charge in [-0.2, -0.15) is 0 Å². The molecule has 1 saturated heterocycles. The van der Waals surface area contributed by atoms with E-state index in [9.17, 15) is 4.79 Å². The Morgan fingerprint density at radius 3 is 2.69 bits per heavy atom. The minimum Gasteiger partial charge on any atom is -0.490 e. The summed E-state index contributed by atoms with van der Waals surface area (Å²) < 4.78 is 11.9. The molecule has 9 heteroatoms. The molecule has 1 N–H and O–H groups in total. The highest BCUT2D eigenvalue weighted by atomic mass is 16.5. The predicted octanol–water partition coefficient (Wildman–Crippen LogP) is 2.64. The molecule has 0 radical (unpaired) electrons. The number of carbonyl (C=O) groups is 1. The number of aromatic nitrogens is 4. The Bertz CT molecular complexity index is 1020. The molecular weight excluding hydrogens is 408 g/mol. The van der Waals surface area contributed by atoms with Crippen molar-refractivity contribution in [1.82, 2.24) is 25.3 Å². The van der Waals surface area contributed by atoms with Crippen LogP contribution in [0.25, 0.3) is 0 Å². The molecule has 1 amide bonds. The Labute approximate surface area is 186 Å². The van der Waals surface area contributed by atoms with Crippen molar-refractivity contribution in [1.29, 1.82) is 0 Å². The van der Waals surface area contributed by atoms with Crippen LogP contribution in [-0.4, -0.2) is 51.6 Å². The van der Waals surface area contributed by atoms with Crippen LogP contribution in [0.1, 0.15) is 35.8 Å². The summed E-state index contributed by atoms with van der Waals surface area (Å²) in [6, 6.07) is 7.71. The van der Waals surface area contributed by atoms with Crippen LogP contribution in [0.4, 0.5) is 5.95 Å². The summed E-state index contributed by atoms with van der Waals surface area (Å²) in [6.07, 6.45) is 9.79. The number of benzene rings is 1. The van der Waals surface area contributed by atoms with Crippen LogP contribution in [0.2, 0.25) is 0 Å². The Kier molecular flexibility index (Phi) is 7.06. The second-order valence-corrected chi connectivity index (χ2v) is 7.36. The molecule has 9 nitrogen and oxygen atoms in total. The van der Waals surface area contributed by atoms with Crippen LogP contribution < -0.4 is 19.7 Å². The summed E-state index contributed by atoms with van der Waals surface area (Å²) in [5.74, 6) is 1.83. The van der Waals surface area contributed by atoms with Crippen LogP contribution in [0.5, 0.6) is 11.5 Å². The lowest BCUT2D eigenvalue weighted by atomic mass is 10.1. The Morgan fingerprint density at radius 1 is 1.12 bits per heavy atom. The first-order chi connectivity index (χ1) is 15.7. The molecule has 32 heavy (non-hydrogen) atoms. The average Bonchev–Trinajstić information content (AvgIpc) is 2.85. The maximum Gasteiger partial charge on any atom is 0.254 e. The van der Waals surface area contributed by atoms with Gasteiger partial charge in [-0.25, -0.2) is 9.97 Å². The van der Waals surface area contributed by atoms with Crippen molar-refractivity contribution in [3.05, 3.63) is 66.5 Å². The first kappa shape index (κ1) is 21.5. The maximum absolute atomic E-state index is 12.4. The molecule has 1 fully saturated rings. The quantitative estimate of drug-likeness (QED) is 0.577. The van der Waals surface area contributed by atoms with Gasteiger partial charge in [-0.15, -0.1) is 0 Å². The van der Waals surface area contributed by atoms with Gasteiger partial charge in [0.2, 0.25) is 5.95 Å². The number of carbonyl (C=O) groups excluding carboxylic acids is 1. The van der Waals surface area contributed by atoms with Gasteiger partial charge in [-0.3, -0.25) is 14.8 Å². The lowest BCUT2D eigenvalue weighted by molar-refractivity contribution is 0.0949. The Morgan fingerprint density at radius 2 is 1.94 bits per heavy atom. The maximum atomic E-state index is 12.4. The third kappa shape index (κ3) is 5.48.